The number of esters is 3. The number of ether oxygens (including phenoxy) is 5. The van der Waals surface area contributed by atoms with Gasteiger partial charge in [-0.05, 0) is 44.1 Å². The number of rotatable bonds is 7. The Morgan fingerprint density at radius 2 is 1.82 bits per heavy atom. The summed E-state index contributed by atoms with van der Waals surface area (Å²) in [5.41, 5.74) is -0.404. The van der Waals surface area contributed by atoms with Crippen molar-refractivity contribution in [3.8, 4) is 11.5 Å². The van der Waals surface area contributed by atoms with E-state index in [-0.39, 0.29) is 18.2 Å². The SMILES string of the molecule is COc1ccc2c3c1O[C@H]1C(OC(=O)[C@H](OC(C)=O)[C@@H](OC(C)=O)C(=O)O)=CC[C@@]4(O)[C@@H](C2)N(C)CC[C@]314. The van der Waals surface area contributed by atoms with Gasteiger partial charge in [-0.1, -0.05) is 6.07 Å². The van der Waals surface area contributed by atoms with E-state index in [1.807, 2.05) is 13.1 Å². The smallest absolute Gasteiger partial charge is 0.357 e. The summed E-state index contributed by atoms with van der Waals surface area (Å²) >= 11 is 0. The zero-order valence-corrected chi connectivity index (χ0v) is 21.4. The number of benzene rings is 1. The molecule has 2 aliphatic carbocycles. The molecule has 0 radical (unpaired) electrons. The first-order valence-electron chi connectivity index (χ1n) is 12.2. The minimum Gasteiger partial charge on any atom is -0.493 e. The molecule has 12 nitrogen and oxygen atoms in total. The van der Waals surface area contributed by atoms with Crippen LogP contribution in [0.4, 0.5) is 0 Å². The molecule has 0 unspecified atom stereocenters. The summed E-state index contributed by atoms with van der Waals surface area (Å²) in [5.74, 6) is -3.94. The standard InChI is InChI=1S/C26H29NO11/c1-12(28)35-20(23(30)31)21(36-13(2)29)24(32)37-16-7-8-26(33)17-11-14-5-6-15(34-4)19-18(14)25(26,22(16)38-19)9-10-27(17)3/h5-7,17,20-22,33H,8-11H2,1-4H3,(H,30,31)/t17-,20-,21-,22+,25+,26-/m1/s1. The van der Waals surface area contributed by atoms with Gasteiger partial charge in [0.1, 0.15) is 5.76 Å². The van der Waals surface area contributed by atoms with Gasteiger partial charge < -0.3 is 38.8 Å². The number of carboxylic acid groups (broad SMARTS) is 1. The molecule has 2 heterocycles. The lowest BCUT2D eigenvalue weighted by Crippen LogP contribution is -2.74. The van der Waals surface area contributed by atoms with Crippen molar-refractivity contribution in [3.63, 3.8) is 0 Å². The molecule has 0 amide bonds. The van der Waals surface area contributed by atoms with Gasteiger partial charge in [-0.15, -0.1) is 0 Å². The molecule has 5 rings (SSSR count). The molecule has 38 heavy (non-hydrogen) atoms. The van der Waals surface area contributed by atoms with Gasteiger partial charge in [0, 0.05) is 31.9 Å². The zero-order chi connectivity index (χ0) is 27.6. The average Bonchev–Trinajstić information content (AvgIpc) is 3.20. The van der Waals surface area contributed by atoms with E-state index in [1.54, 1.807) is 12.1 Å². The lowest BCUT2D eigenvalue weighted by molar-refractivity contribution is -0.190. The number of nitrogens with zero attached hydrogens (tertiary/aromatic N) is 1. The molecule has 204 valence electrons. The summed E-state index contributed by atoms with van der Waals surface area (Å²) in [6, 6.07) is 3.52. The van der Waals surface area contributed by atoms with Gasteiger partial charge >= 0.3 is 23.9 Å². The van der Waals surface area contributed by atoms with Crippen LogP contribution in [0.2, 0.25) is 0 Å². The highest BCUT2D eigenvalue weighted by Crippen LogP contribution is 2.65. The number of carbonyl (C=O) groups is 4. The number of likely N-dealkylation sites (tertiary alicyclic amines) is 1. The van der Waals surface area contributed by atoms with Crippen molar-refractivity contribution in [1.29, 1.82) is 0 Å². The molecular formula is C26H29NO11. The molecule has 1 aromatic carbocycles. The molecule has 0 saturated carbocycles. The number of carbonyl (C=O) groups excluding carboxylic acids is 3. The number of aliphatic carboxylic acids is 1. The fourth-order valence-corrected chi connectivity index (χ4v) is 6.59. The van der Waals surface area contributed by atoms with Gasteiger partial charge in [-0.2, -0.15) is 0 Å². The number of carboxylic acids is 1. The fourth-order valence-electron chi connectivity index (χ4n) is 6.59. The highest BCUT2D eigenvalue weighted by atomic mass is 16.6. The first kappa shape index (κ1) is 26.0. The molecule has 2 bridgehead atoms. The first-order valence-corrected chi connectivity index (χ1v) is 12.2. The molecular weight excluding hydrogens is 502 g/mol. The highest BCUT2D eigenvalue weighted by Gasteiger charge is 2.72. The molecule has 1 aromatic rings. The van der Waals surface area contributed by atoms with E-state index in [1.165, 1.54) is 7.11 Å². The molecule has 1 spiro atoms. The van der Waals surface area contributed by atoms with Gasteiger partial charge in [-0.3, -0.25) is 9.59 Å². The summed E-state index contributed by atoms with van der Waals surface area (Å²) in [5, 5.41) is 21.8. The number of hydrogen-bond acceptors (Lipinski definition) is 11. The maximum atomic E-state index is 13.3. The van der Waals surface area contributed by atoms with E-state index in [4.69, 9.17) is 23.7 Å². The van der Waals surface area contributed by atoms with Gasteiger partial charge in [-0.25, -0.2) is 9.59 Å². The zero-order valence-electron chi connectivity index (χ0n) is 21.4. The Morgan fingerprint density at radius 1 is 1.13 bits per heavy atom. The molecule has 1 fully saturated rings. The van der Waals surface area contributed by atoms with E-state index in [0.29, 0.717) is 30.9 Å². The topological polar surface area (TPSA) is 158 Å². The lowest BCUT2D eigenvalue weighted by atomic mass is 9.50. The number of methoxy groups -OCH3 is 1. The van der Waals surface area contributed by atoms with Crippen LogP contribution >= 0.6 is 0 Å². The predicted octanol–water partition coefficient (Wildman–Crippen LogP) is 0.464. The van der Waals surface area contributed by atoms with Crippen molar-refractivity contribution in [2.45, 2.75) is 68.5 Å². The van der Waals surface area contributed by atoms with E-state index >= 15 is 0 Å². The van der Waals surface area contributed by atoms with Crippen LogP contribution in [-0.4, -0.2) is 89.6 Å². The third-order valence-corrected chi connectivity index (χ3v) is 8.11. The second-order valence-corrected chi connectivity index (χ2v) is 10.1. The van der Waals surface area contributed by atoms with Crippen molar-refractivity contribution in [2.24, 2.45) is 0 Å². The van der Waals surface area contributed by atoms with Crippen molar-refractivity contribution >= 4 is 23.9 Å². The fraction of sp³-hybridized carbons (Fsp3) is 0.538. The molecule has 1 saturated heterocycles. The van der Waals surface area contributed by atoms with Crippen molar-refractivity contribution in [3.05, 3.63) is 35.1 Å². The number of likely N-dealkylation sites (N-methyl/N-ethyl adjacent to an activating group) is 1. The van der Waals surface area contributed by atoms with E-state index in [0.717, 1.165) is 25.0 Å². The molecule has 2 aliphatic heterocycles. The number of piperidine rings is 1. The van der Waals surface area contributed by atoms with Gasteiger partial charge in [0.15, 0.2) is 17.6 Å². The van der Waals surface area contributed by atoms with Gasteiger partial charge in [0.2, 0.25) is 12.2 Å². The van der Waals surface area contributed by atoms with Crippen LogP contribution < -0.4 is 9.47 Å². The van der Waals surface area contributed by atoms with E-state index in [2.05, 4.69) is 4.90 Å². The Hall–Kier alpha value is -3.64. The van der Waals surface area contributed by atoms with Crippen molar-refractivity contribution < 1.29 is 53.1 Å². The van der Waals surface area contributed by atoms with Crippen LogP contribution in [0.15, 0.2) is 24.0 Å². The maximum absolute atomic E-state index is 13.3. The lowest BCUT2D eigenvalue weighted by Gasteiger charge is -2.61. The third kappa shape index (κ3) is 3.57. The van der Waals surface area contributed by atoms with E-state index < -0.39 is 53.2 Å². The second kappa shape index (κ2) is 8.98. The second-order valence-electron chi connectivity index (χ2n) is 10.1. The van der Waals surface area contributed by atoms with Crippen LogP contribution in [0.5, 0.6) is 11.5 Å². The van der Waals surface area contributed by atoms with Crippen LogP contribution in [0.1, 0.15) is 37.8 Å². The summed E-state index contributed by atoms with van der Waals surface area (Å²) in [6.07, 6.45) is -2.38. The summed E-state index contributed by atoms with van der Waals surface area (Å²) in [7, 11) is 3.47. The van der Waals surface area contributed by atoms with Gasteiger partial charge in [0.05, 0.1) is 18.1 Å². The summed E-state index contributed by atoms with van der Waals surface area (Å²) in [6.45, 7) is 2.59. The monoisotopic (exact) mass is 531 g/mol. The minimum atomic E-state index is -2.13. The maximum Gasteiger partial charge on any atom is 0.357 e. The number of hydrogen-bond donors (Lipinski definition) is 2. The van der Waals surface area contributed by atoms with Crippen LogP contribution in [0.25, 0.3) is 0 Å². The number of aliphatic hydroxyl groups is 1. The Morgan fingerprint density at radius 3 is 2.45 bits per heavy atom. The van der Waals surface area contributed by atoms with Crippen LogP contribution in [0.3, 0.4) is 0 Å². The van der Waals surface area contributed by atoms with Crippen molar-refractivity contribution in [1.82, 2.24) is 4.90 Å². The van der Waals surface area contributed by atoms with Crippen LogP contribution in [-0.2, 0) is 45.2 Å². The molecule has 0 aromatic heterocycles. The van der Waals surface area contributed by atoms with Crippen molar-refractivity contribution in [2.75, 3.05) is 20.7 Å². The molecule has 2 N–H and O–H groups in total. The largest absolute Gasteiger partial charge is 0.493 e. The Kier molecular flexibility index (Phi) is 6.14. The average molecular weight is 532 g/mol. The van der Waals surface area contributed by atoms with Gasteiger partial charge in [0.25, 0.3) is 0 Å². The third-order valence-electron chi connectivity index (χ3n) is 8.11. The molecule has 6 atom stereocenters. The van der Waals surface area contributed by atoms with Crippen LogP contribution in [0, 0.1) is 0 Å². The summed E-state index contributed by atoms with van der Waals surface area (Å²) in [4.78, 5) is 50.4. The quantitative estimate of drug-likeness (QED) is 0.371. The predicted molar refractivity (Wildman–Crippen MR) is 126 cm³/mol. The van der Waals surface area contributed by atoms with E-state index in [9.17, 15) is 29.4 Å². The Labute approximate surface area is 218 Å². The Bertz CT molecular complexity index is 1260. The molecule has 12 heteroatoms. The summed E-state index contributed by atoms with van der Waals surface area (Å²) < 4.78 is 27.3. The Balaban J connectivity index is 1.56. The first-order chi connectivity index (χ1) is 17.9. The molecule has 4 aliphatic rings. The normalized spacial score (nSPS) is 30.1. The minimum absolute atomic E-state index is 0.0400. The highest BCUT2D eigenvalue weighted by molar-refractivity contribution is 5.88.